The van der Waals surface area contributed by atoms with E-state index < -0.39 is 0 Å². The van der Waals surface area contributed by atoms with Crippen LogP contribution >= 0.6 is 0 Å². The maximum Gasteiger partial charge on any atom is 0.123 e. The fourth-order valence-corrected chi connectivity index (χ4v) is 2.38. The number of ether oxygens (including phenoxy) is 1. The van der Waals surface area contributed by atoms with Crippen molar-refractivity contribution >= 4 is 0 Å². The van der Waals surface area contributed by atoms with Crippen LogP contribution in [0.4, 0.5) is 4.39 Å². The molecule has 1 fully saturated rings. The molecule has 0 amide bonds. The first kappa shape index (κ1) is 12.3. The van der Waals surface area contributed by atoms with Gasteiger partial charge in [0.15, 0.2) is 0 Å². The number of hydrogen-bond donors (Lipinski definition) is 1. The van der Waals surface area contributed by atoms with Crippen molar-refractivity contribution in [1.82, 2.24) is 5.32 Å². The van der Waals surface area contributed by atoms with E-state index in [9.17, 15) is 4.39 Å². The molecule has 1 heterocycles. The summed E-state index contributed by atoms with van der Waals surface area (Å²) < 4.78 is 19.1. The molecular formula is C16H16FNO. The van der Waals surface area contributed by atoms with E-state index >= 15 is 0 Å². The smallest absolute Gasteiger partial charge is 0.123 e. The molecule has 2 atom stereocenters. The van der Waals surface area contributed by atoms with Crippen molar-refractivity contribution < 1.29 is 9.13 Å². The first-order chi connectivity index (χ1) is 9.33. The zero-order chi connectivity index (χ0) is 13.1. The van der Waals surface area contributed by atoms with Crippen molar-refractivity contribution in [2.75, 3.05) is 13.1 Å². The molecule has 2 aromatic carbocycles. The highest BCUT2D eigenvalue weighted by Crippen LogP contribution is 2.29. The molecule has 1 N–H and O–H groups in total. The van der Waals surface area contributed by atoms with Crippen LogP contribution in [-0.4, -0.2) is 13.1 Å². The van der Waals surface area contributed by atoms with E-state index in [2.05, 4.69) is 17.4 Å². The molecule has 1 saturated heterocycles. The Morgan fingerprint density at radius 3 is 2.05 bits per heavy atom. The first-order valence-electron chi connectivity index (χ1n) is 6.49. The topological polar surface area (TPSA) is 21.3 Å². The van der Waals surface area contributed by atoms with Gasteiger partial charge in [0.05, 0.1) is 12.2 Å². The molecule has 0 aliphatic carbocycles. The zero-order valence-corrected chi connectivity index (χ0v) is 10.6. The second kappa shape index (κ2) is 5.51. The van der Waals surface area contributed by atoms with Crippen molar-refractivity contribution in [3.05, 3.63) is 71.5 Å². The summed E-state index contributed by atoms with van der Waals surface area (Å²) in [5.74, 6) is -0.216. The lowest BCUT2D eigenvalue weighted by molar-refractivity contribution is -0.0406. The van der Waals surface area contributed by atoms with Gasteiger partial charge in [0.25, 0.3) is 0 Å². The lowest BCUT2D eigenvalue weighted by Crippen LogP contribution is -2.35. The molecular weight excluding hydrogens is 241 g/mol. The van der Waals surface area contributed by atoms with Gasteiger partial charge in [-0.15, -0.1) is 0 Å². The summed E-state index contributed by atoms with van der Waals surface area (Å²) >= 11 is 0. The van der Waals surface area contributed by atoms with Crippen molar-refractivity contribution in [2.45, 2.75) is 12.2 Å². The molecule has 2 aromatic rings. The SMILES string of the molecule is Fc1ccc([C@H]2CNC[C@H](c3ccccc3)O2)cc1. The zero-order valence-electron chi connectivity index (χ0n) is 10.6. The van der Waals surface area contributed by atoms with Gasteiger partial charge in [0.2, 0.25) is 0 Å². The molecule has 98 valence electrons. The van der Waals surface area contributed by atoms with Gasteiger partial charge in [0.1, 0.15) is 5.82 Å². The summed E-state index contributed by atoms with van der Waals surface area (Å²) in [5, 5.41) is 3.38. The van der Waals surface area contributed by atoms with E-state index in [1.807, 2.05) is 18.2 Å². The van der Waals surface area contributed by atoms with Crippen molar-refractivity contribution in [2.24, 2.45) is 0 Å². The number of nitrogens with one attached hydrogen (secondary N) is 1. The first-order valence-corrected chi connectivity index (χ1v) is 6.49. The molecule has 19 heavy (non-hydrogen) atoms. The highest BCUT2D eigenvalue weighted by Gasteiger charge is 2.24. The summed E-state index contributed by atoms with van der Waals surface area (Å²) in [6.07, 6.45) is 0.0181. The van der Waals surface area contributed by atoms with Crippen molar-refractivity contribution in [3.8, 4) is 0 Å². The summed E-state index contributed by atoms with van der Waals surface area (Å²) in [7, 11) is 0. The minimum Gasteiger partial charge on any atom is -0.363 e. The summed E-state index contributed by atoms with van der Waals surface area (Å²) in [6, 6.07) is 16.7. The Bertz CT molecular complexity index is 526. The molecule has 1 aliphatic heterocycles. The fraction of sp³-hybridized carbons (Fsp3) is 0.250. The standard InChI is InChI=1S/C16H16FNO/c17-14-8-6-13(7-9-14)16-11-18-10-15(19-16)12-4-2-1-3-5-12/h1-9,15-16,18H,10-11H2/t15-,16-/m1/s1. The fourth-order valence-electron chi connectivity index (χ4n) is 2.38. The van der Waals surface area contributed by atoms with Gasteiger partial charge in [-0.25, -0.2) is 4.39 Å². The number of halogens is 1. The van der Waals surface area contributed by atoms with E-state index in [-0.39, 0.29) is 18.0 Å². The van der Waals surface area contributed by atoms with Gasteiger partial charge >= 0.3 is 0 Å². The lowest BCUT2D eigenvalue weighted by atomic mass is 10.0. The Labute approximate surface area is 112 Å². The molecule has 1 aliphatic rings. The number of morpholine rings is 1. The average molecular weight is 257 g/mol. The quantitative estimate of drug-likeness (QED) is 0.892. The second-order valence-electron chi connectivity index (χ2n) is 4.73. The molecule has 0 spiro atoms. The Kier molecular flexibility index (Phi) is 3.58. The number of benzene rings is 2. The predicted octanol–water partition coefficient (Wildman–Crippen LogP) is 3.23. The van der Waals surface area contributed by atoms with Crippen LogP contribution in [-0.2, 0) is 4.74 Å². The minimum absolute atomic E-state index is 0.0282. The molecule has 3 heteroatoms. The normalized spacial score (nSPS) is 23.2. The maximum atomic E-state index is 12.9. The van der Waals surface area contributed by atoms with Crippen LogP contribution in [0.2, 0.25) is 0 Å². The molecule has 0 unspecified atom stereocenters. The monoisotopic (exact) mass is 257 g/mol. The number of hydrogen-bond acceptors (Lipinski definition) is 2. The van der Waals surface area contributed by atoms with Gasteiger partial charge in [-0.2, -0.15) is 0 Å². The van der Waals surface area contributed by atoms with E-state index in [0.29, 0.717) is 0 Å². The average Bonchev–Trinajstić information content (AvgIpc) is 2.49. The molecule has 0 saturated carbocycles. The lowest BCUT2D eigenvalue weighted by Gasteiger charge is -2.31. The van der Waals surface area contributed by atoms with Crippen LogP contribution in [0.25, 0.3) is 0 Å². The van der Waals surface area contributed by atoms with Gasteiger partial charge in [-0.1, -0.05) is 42.5 Å². The molecule has 2 nitrogen and oxygen atoms in total. The van der Waals surface area contributed by atoms with Crippen molar-refractivity contribution in [3.63, 3.8) is 0 Å². The van der Waals surface area contributed by atoms with E-state index in [1.54, 1.807) is 12.1 Å². The van der Waals surface area contributed by atoms with Gasteiger partial charge in [-0.3, -0.25) is 0 Å². The Balaban J connectivity index is 1.76. The molecule has 0 aromatic heterocycles. The van der Waals surface area contributed by atoms with Crippen molar-refractivity contribution in [1.29, 1.82) is 0 Å². The largest absolute Gasteiger partial charge is 0.363 e. The molecule has 0 bridgehead atoms. The summed E-state index contributed by atoms with van der Waals surface area (Å²) in [6.45, 7) is 1.57. The second-order valence-corrected chi connectivity index (χ2v) is 4.73. The third-order valence-electron chi connectivity index (χ3n) is 3.40. The van der Waals surface area contributed by atoms with Crippen LogP contribution in [0.3, 0.4) is 0 Å². The highest BCUT2D eigenvalue weighted by molar-refractivity contribution is 5.22. The minimum atomic E-state index is -0.216. The van der Waals surface area contributed by atoms with Gasteiger partial charge < -0.3 is 10.1 Å². The third-order valence-corrected chi connectivity index (χ3v) is 3.40. The van der Waals surface area contributed by atoms with E-state index in [1.165, 1.54) is 17.7 Å². The van der Waals surface area contributed by atoms with Crippen LogP contribution in [0.15, 0.2) is 54.6 Å². The van der Waals surface area contributed by atoms with E-state index in [4.69, 9.17) is 4.74 Å². The molecule has 0 radical (unpaired) electrons. The highest BCUT2D eigenvalue weighted by atomic mass is 19.1. The number of rotatable bonds is 2. The Morgan fingerprint density at radius 2 is 1.42 bits per heavy atom. The summed E-state index contributed by atoms with van der Waals surface area (Å²) in [4.78, 5) is 0. The van der Waals surface area contributed by atoms with Crippen LogP contribution in [0.1, 0.15) is 23.3 Å². The maximum absolute atomic E-state index is 12.9. The molecule has 3 rings (SSSR count). The van der Waals surface area contributed by atoms with Crippen LogP contribution < -0.4 is 5.32 Å². The predicted molar refractivity (Wildman–Crippen MR) is 72.3 cm³/mol. The Morgan fingerprint density at radius 1 is 0.842 bits per heavy atom. The Hall–Kier alpha value is -1.71. The van der Waals surface area contributed by atoms with E-state index in [0.717, 1.165) is 18.7 Å². The van der Waals surface area contributed by atoms with Crippen LogP contribution in [0, 0.1) is 5.82 Å². The van der Waals surface area contributed by atoms with Gasteiger partial charge in [0, 0.05) is 13.1 Å². The summed E-state index contributed by atoms with van der Waals surface area (Å²) in [5.41, 5.74) is 2.18. The van der Waals surface area contributed by atoms with Crippen LogP contribution in [0.5, 0.6) is 0 Å². The third kappa shape index (κ3) is 2.83. The van der Waals surface area contributed by atoms with Gasteiger partial charge in [-0.05, 0) is 23.3 Å².